The summed E-state index contributed by atoms with van der Waals surface area (Å²) in [5, 5.41) is 10.1. The molecule has 1 aliphatic heterocycles. The number of hydrogen-bond acceptors (Lipinski definition) is 16. The molecule has 0 aromatic carbocycles. The Labute approximate surface area is 171 Å². The Kier molecular flexibility index (Phi) is 6.57. The van der Waals surface area contributed by atoms with Crippen molar-refractivity contribution in [3.05, 3.63) is 16.8 Å². The summed E-state index contributed by atoms with van der Waals surface area (Å²) in [6.07, 6.45) is -2.60. The molecule has 3 heterocycles. The minimum Gasteiger partial charge on any atom is -0.790 e. The van der Waals surface area contributed by atoms with Crippen LogP contribution in [0.4, 0.5) is 5.82 Å². The van der Waals surface area contributed by atoms with E-state index in [2.05, 4.69) is 28.1 Å². The number of rotatable bonds is 8. The summed E-state index contributed by atoms with van der Waals surface area (Å²) >= 11 is 0. The zero-order valence-corrected chi connectivity index (χ0v) is 17.5. The van der Waals surface area contributed by atoms with Crippen LogP contribution in [0.2, 0.25) is 0 Å². The van der Waals surface area contributed by atoms with Crippen molar-refractivity contribution in [2.24, 2.45) is 0 Å². The van der Waals surface area contributed by atoms with Crippen molar-refractivity contribution in [2.45, 2.75) is 24.9 Å². The van der Waals surface area contributed by atoms with E-state index >= 15 is 0 Å². The van der Waals surface area contributed by atoms with Gasteiger partial charge in [-0.15, -0.1) is 0 Å². The maximum absolute atomic E-state index is 11.6. The average molecular weight is 503 g/mol. The largest absolute Gasteiger partial charge is 0.790 e. The topological polar surface area (TPSA) is 290 Å². The summed E-state index contributed by atoms with van der Waals surface area (Å²) in [5.41, 5.74) is 5.00. The molecule has 1 saturated heterocycles. The molecule has 2 unspecified atom stereocenters. The maximum Gasteiger partial charge on any atom is 0.348 e. The minimum absolute atomic E-state index is 0.0157. The van der Waals surface area contributed by atoms with Crippen molar-refractivity contribution < 1.29 is 56.3 Å². The molecule has 0 amide bonds. The summed E-state index contributed by atoms with van der Waals surface area (Å²) < 4.78 is 50.4. The molecular weight excluding hydrogens is 491 g/mol. The molecule has 3 rings (SSSR count). The summed E-state index contributed by atoms with van der Waals surface area (Å²) in [6, 6.07) is 0. The number of anilines is 1. The Morgan fingerprint density at radius 3 is 2.58 bits per heavy atom. The standard InChI is InChI=1S/C10H16N5O13P3/c11-8-7-9(14-10(17)13-8)15(3-12-7)6-1-4(16)5(26-6)2-25-30(21,22)28-31(23,24)27-29(18,19)20/h3-6,16H,1-2H2,(H,21,22)(H,23,24)(H2,18,19,20)(H3,11,13,14,17)/p-4/t4-,5+,6+/m0/s1. The first-order chi connectivity index (χ1) is 14.2. The van der Waals surface area contributed by atoms with E-state index in [4.69, 9.17) is 10.5 Å². The third-order valence-corrected chi connectivity index (χ3v) is 7.45. The summed E-state index contributed by atoms with van der Waals surface area (Å²) in [4.78, 5) is 64.7. The number of phosphoric acid groups is 3. The predicted molar refractivity (Wildman–Crippen MR) is 88.0 cm³/mol. The quantitative estimate of drug-likeness (QED) is 0.291. The Bertz CT molecular complexity index is 1170. The molecule has 1 fully saturated rings. The van der Waals surface area contributed by atoms with Crippen LogP contribution in [-0.4, -0.2) is 43.4 Å². The third kappa shape index (κ3) is 6.04. The molecule has 5 atom stereocenters. The molecule has 2 aromatic rings. The first-order valence-electron chi connectivity index (χ1n) is 7.93. The lowest BCUT2D eigenvalue weighted by Crippen LogP contribution is -2.27. The SMILES string of the molecule is Nc1[nH]c(=O)nc2c1ncn2[C@H]1C[C@H](O)[C@@H](COP(=O)([O-])OP(=O)([O-])OP(=O)([O-])[O-])O1. The summed E-state index contributed by atoms with van der Waals surface area (Å²) in [7, 11) is -18.0. The van der Waals surface area contributed by atoms with E-state index in [0.29, 0.717) is 0 Å². The molecule has 1 aliphatic rings. The van der Waals surface area contributed by atoms with Gasteiger partial charge in [0.25, 0.3) is 15.6 Å². The number of H-pyrrole nitrogens is 1. The Balaban J connectivity index is 1.67. The molecule has 4 N–H and O–H groups in total. The van der Waals surface area contributed by atoms with Crippen LogP contribution in [0.5, 0.6) is 0 Å². The summed E-state index contributed by atoms with van der Waals surface area (Å²) in [5.74, 6) is -0.0680. The Morgan fingerprint density at radius 1 is 1.26 bits per heavy atom. The maximum atomic E-state index is 11.6. The molecular formula is C10H12N5O13P3-4. The van der Waals surface area contributed by atoms with Crippen molar-refractivity contribution in [1.29, 1.82) is 0 Å². The van der Waals surface area contributed by atoms with Gasteiger partial charge in [0.1, 0.15) is 23.7 Å². The summed E-state index contributed by atoms with van der Waals surface area (Å²) in [6.45, 7) is -0.965. The number of nitrogens with two attached hydrogens (primary N) is 1. The molecule has 21 heteroatoms. The van der Waals surface area contributed by atoms with Crippen LogP contribution in [-0.2, 0) is 31.6 Å². The fourth-order valence-corrected chi connectivity index (χ4v) is 5.51. The number of aliphatic hydroxyl groups excluding tert-OH is 1. The number of aromatic nitrogens is 4. The number of ether oxygens (including phenoxy) is 1. The Hall–Kier alpha value is -1.52. The van der Waals surface area contributed by atoms with E-state index in [0.717, 1.165) is 0 Å². The highest BCUT2D eigenvalue weighted by Gasteiger charge is 2.37. The first-order valence-corrected chi connectivity index (χ1v) is 12.3. The monoisotopic (exact) mass is 503 g/mol. The van der Waals surface area contributed by atoms with Crippen molar-refractivity contribution in [1.82, 2.24) is 19.5 Å². The number of nitrogen functional groups attached to an aromatic ring is 1. The number of nitrogens with one attached hydrogen (secondary N) is 1. The van der Waals surface area contributed by atoms with Crippen LogP contribution >= 0.6 is 23.5 Å². The van der Waals surface area contributed by atoms with Gasteiger partial charge >= 0.3 is 5.69 Å². The number of fused-ring (bicyclic) bond motifs is 1. The second-order valence-corrected chi connectivity index (χ2v) is 10.3. The molecule has 31 heavy (non-hydrogen) atoms. The van der Waals surface area contributed by atoms with E-state index in [-0.39, 0.29) is 23.4 Å². The molecule has 0 spiro atoms. The molecule has 0 radical (unpaired) electrons. The van der Waals surface area contributed by atoms with Crippen molar-refractivity contribution in [3.63, 3.8) is 0 Å². The lowest BCUT2D eigenvalue weighted by molar-refractivity contribution is -0.339. The first kappa shape index (κ1) is 24.1. The van der Waals surface area contributed by atoms with Gasteiger partial charge < -0.3 is 44.2 Å². The van der Waals surface area contributed by atoms with Crippen LogP contribution in [0.3, 0.4) is 0 Å². The molecule has 0 bridgehead atoms. The van der Waals surface area contributed by atoms with Crippen molar-refractivity contribution in [2.75, 3.05) is 12.3 Å². The van der Waals surface area contributed by atoms with Gasteiger partial charge in [0.15, 0.2) is 5.65 Å². The van der Waals surface area contributed by atoms with Crippen LogP contribution in [0.15, 0.2) is 11.1 Å². The molecule has 174 valence electrons. The zero-order valence-electron chi connectivity index (χ0n) is 14.8. The minimum atomic E-state index is -6.12. The predicted octanol–water partition coefficient (Wildman–Crippen LogP) is -3.83. The van der Waals surface area contributed by atoms with Gasteiger partial charge in [0.2, 0.25) is 0 Å². The Morgan fingerprint density at radius 2 is 1.94 bits per heavy atom. The third-order valence-electron chi connectivity index (χ3n) is 3.78. The van der Waals surface area contributed by atoms with E-state index in [1.807, 2.05) is 0 Å². The van der Waals surface area contributed by atoms with Gasteiger partial charge in [0.05, 0.1) is 26.9 Å². The van der Waals surface area contributed by atoms with E-state index in [1.54, 1.807) is 0 Å². The van der Waals surface area contributed by atoms with Gasteiger partial charge in [-0.1, -0.05) is 0 Å². The fourth-order valence-electron chi connectivity index (χ4n) is 2.65. The highest BCUT2D eigenvalue weighted by atomic mass is 31.3. The van der Waals surface area contributed by atoms with E-state index in [1.165, 1.54) is 10.9 Å². The second-order valence-electron chi connectivity index (χ2n) is 6.01. The lowest BCUT2D eigenvalue weighted by atomic mass is 10.2. The number of imidazole rings is 1. The molecule has 0 saturated carbocycles. The highest BCUT2D eigenvalue weighted by molar-refractivity contribution is 7.64. The fraction of sp³-hybridized carbons (Fsp3) is 0.500. The highest BCUT2D eigenvalue weighted by Crippen LogP contribution is 2.60. The lowest BCUT2D eigenvalue weighted by Gasteiger charge is -2.37. The number of phosphoric ester groups is 1. The number of nitrogens with zero attached hydrogens (tertiary/aromatic N) is 3. The van der Waals surface area contributed by atoms with Crippen molar-refractivity contribution >= 4 is 40.4 Å². The number of aromatic amines is 1. The number of aliphatic hydroxyl groups is 1. The van der Waals surface area contributed by atoms with Gasteiger partial charge in [-0.05, 0) is 0 Å². The van der Waals surface area contributed by atoms with E-state index < -0.39 is 54.2 Å². The second kappa shape index (κ2) is 8.44. The zero-order chi connectivity index (χ0) is 23.2. The molecule has 2 aromatic heterocycles. The van der Waals surface area contributed by atoms with Crippen LogP contribution in [0.1, 0.15) is 12.6 Å². The van der Waals surface area contributed by atoms with Gasteiger partial charge in [0, 0.05) is 6.42 Å². The average Bonchev–Trinajstić information content (AvgIpc) is 3.13. The van der Waals surface area contributed by atoms with Crippen LogP contribution in [0, 0.1) is 0 Å². The normalized spacial score (nSPS) is 26.0. The smallest absolute Gasteiger partial charge is 0.348 e. The van der Waals surface area contributed by atoms with Gasteiger partial charge in [-0.2, -0.15) is 4.98 Å². The van der Waals surface area contributed by atoms with Crippen LogP contribution < -0.4 is 31.0 Å². The van der Waals surface area contributed by atoms with Gasteiger partial charge in [-0.25, -0.2) is 14.1 Å². The van der Waals surface area contributed by atoms with Crippen molar-refractivity contribution in [3.8, 4) is 0 Å². The number of hydrogen-bond donors (Lipinski definition) is 3. The molecule has 0 aliphatic carbocycles. The van der Waals surface area contributed by atoms with Gasteiger partial charge in [-0.3, -0.25) is 23.0 Å². The molecule has 18 nitrogen and oxygen atoms in total. The van der Waals surface area contributed by atoms with Crippen LogP contribution in [0.25, 0.3) is 11.2 Å². The van der Waals surface area contributed by atoms with E-state index in [9.17, 15) is 43.2 Å².